The molecule has 1 atom stereocenters. The number of carbonyl (C=O) groups excluding carboxylic acids is 2. The lowest BCUT2D eigenvalue weighted by Crippen LogP contribution is -2.19. The second-order valence-corrected chi connectivity index (χ2v) is 6.46. The van der Waals surface area contributed by atoms with Crippen LogP contribution in [0.2, 0.25) is 0 Å². The average molecular weight is 340 g/mol. The molecule has 0 aromatic heterocycles. The van der Waals surface area contributed by atoms with Gasteiger partial charge in [-0.2, -0.15) is 0 Å². The van der Waals surface area contributed by atoms with Crippen molar-refractivity contribution in [1.29, 1.82) is 0 Å². The number of amides is 1. The zero-order chi connectivity index (χ0) is 17.4. The average Bonchev–Trinajstić information content (AvgIpc) is 2.47. The van der Waals surface area contributed by atoms with E-state index in [0.29, 0.717) is 29.4 Å². The van der Waals surface area contributed by atoms with Crippen LogP contribution < -0.4 is 20.5 Å². The third-order valence-corrected chi connectivity index (χ3v) is 3.87. The molecule has 0 spiro atoms. The molecule has 1 unspecified atom stereocenters. The Bertz CT molecular complexity index is 561. The van der Waals surface area contributed by atoms with Crippen LogP contribution in [-0.2, 0) is 16.0 Å². The van der Waals surface area contributed by atoms with Crippen molar-refractivity contribution in [2.45, 2.75) is 32.7 Å². The molecular formula is C16H24N2O4S. The molecule has 0 saturated carbocycles. The minimum absolute atomic E-state index is 0.00249. The van der Waals surface area contributed by atoms with E-state index in [4.69, 9.17) is 15.2 Å². The lowest BCUT2D eigenvalue weighted by Gasteiger charge is -2.16. The minimum Gasteiger partial charge on any atom is -0.496 e. The normalized spacial score (nSPS) is 11.7. The van der Waals surface area contributed by atoms with Crippen molar-refractivity contribution in [2.75, 3.05) is 25.3 Å². The number of nitrogens with one attached hydrogen (secondary N) is 1. The molecule has 7 heteroatoms. The summed E-state index contributed by atoms with van der Waals surface area (Å²) in [5.41, 5.74) is 7.30. The Labute approximate surface area is 141 Å². The van der Waals surface area contributed by atoms with Gasteiger partial charge in [0, 0.05) is 31.2 Å². The summed E-state index contributed by atoms with van der Waals surface area (Å²) in [5, 5.41) is 2.79. The summed E-state index contributed by atoms with van der Waals surface area (Å²) in [6.07, 6.45) is 0.889. The quantitative estimate of drug-likeness (QED) is 0.754. The predicted octanol–water partition coefficient (Wildman–Crippen LogP) is 2.20. The van der Waals surface area contributed by atoms with Gasteiger partial charge >= 0.3 is 0 Å². The van der Waals surface area contributed by atoms with Gasteiger partial charge in [0.1, 0.15) is 11.5 Å². The molecule has 1 aromatic rings. The SMILES string of the molecule is COc1cc(NC(=O)CCSC(C)=O)c(OC)cc1CC(C)N. The van der Waals surface area contributed by atoms with E-state index >= 15 is 0 Å². The molecule has 0 aliphatic heterocycles. The predicted molar refractivity (Wildman–Crippen MR) is 93.3 cm³/mol. The number of benzene rings is 1. The second kappa shape index (κ2) is 9.42. The van der Waals surface area contributed by atoms with Gasteiger partial charge in [-0.25, -0.2) is 0 Å². The van der Waals surface area contributed by atoms with Crippen molar-refractivity contribution in [2.24, 2.45) is 5.73 Å². The number of thioether (sulfide) groups is 1. The Morgan fingerprint density at radius 3 is 2.43 bits per heavy atom. The van der Waals surface area contributed by atoms with Crippen LogP contribution in [-0.4, -0.2) is 37.0 Å². The summed E-state index contributed by atoms with van der Waals surface area (Å²) in [6, 6.07) is 3.53. The van der Waals surface area contributed by atoms with Crippen molar-refractivity contribution >= 4 is 28.5 Å². The van der Waals surface area contributed by atoms with Crippen LogP contribution in [0.15, 0.2) is 12.1 Å². The number of carbonyl (C=O) groups is 2. The summed E-state index contributed by atoms with van der Waals surface area (Å²) >= 11 is 1.13. The van der Waals surface area contributed by atoms with Gasteiger partial charge in [0.25, 0.3) is 0 Å². The number of hydrogen-bond donors (Lipinski definition) is 2. The molecule has 3 N–H and O–H groups in total. The molecule has 0 aliphatic carbocycles. The third-order valence-electron chi connectivity index (χ3n) is 3.05. The molecule has 0 fully saturated rings. The van der Waals surface area contributed by atoms with Crippen molar-refractivity contribution in [3.8, 4) is 11.5 Å². The fraction of sp³-hybridized carbons (Fsp3) is 0.500. The van der Waals surface area contributed by atoms with Gasteiger partial charge in [-0.1, -0.05) is 11.8 Å². The van der Waals surface area contributed by atoms with E-state index in [9.17, 15) is 9.59 Å². The van der Waals surface area contributed by atoms with Gasteiger partial charge < -0.3 is 20.5 Å². The summed E-state index contributed by atoms with van der Waals surface area (Å²) in [6.45, 7) is 3.39. The molecule has 0 heterocycles. The van der Waals surface area contributed by atoms with Gasteiger partial charge in [-0.15, -0.1) is 0 Å². The second-order valence-electron chi connectivity index (χ2n) is 5.18. The minimum atomic E-state index is -0.181. The molecule has 0 radical (unpaired) electrons. The first-order valence-corrected chi connectivity index (χ1v) is 8.29. The van der Waals surface area contributed by atoms with Crippen LogP contribution in [0, 0.1) is 0 Å². The molecule has 0 bridgehead atoms. The lowest BCUT2D eigenvalue weighted by molar-refractivity contribution is -0.115. The van der Waals surface area contributed by atoms with Gasteiger partial charge in [0.05, 0.1) is 19.9 Å². The first kappa shape index (κ1) is 19.3. The van der Waals surface area contributed by atoms with Gasteiger partial charge in [0.15, 0.2) is 5.12 Å². The van der Waals surface area contributed by atoms with Crippen molar-refractivity contribution in [3.05, 3.63) is 17.7 Å². The van der Waals surface area contributed by atoms with Crippen LogP contribution in [0.5, 0.6) is 11.5 Å². The highest BCUT2D eigenvalue weighted by Crippen LogP contribution is 2.33. The largest absolute Gasteiger partial charge is 0.496 e. The first-order valence-electron chi connectivity index (χ1n) is 7.31. The Balaban J connectivity index is 2.88. The molecular weight excluding hydrogens is 316 g/mol. The van der Waals surface area contributed by atoms with Crippen molar-refractivity contribution < 1.29 is 19.1 Å². The Morgan fingerprint density at radius 2 is 1.91 bits per heavy atom. The van der Waals surface area contributed by atoms with Crippen LogP contribution in [0.25, 0.3) is 0 Å². The Kier molecular flexibility index (Phi) is 7.91. The molecule has 0 aliphatic rings. The zero-order valence-corrected chi connectivity index (χ0v) is 14.8. The van der Waals surface area contributed by atoms with Gasteiger partial charge in [-0.3, -0.25) is 9.59 Å². The maximum atomic E-state index is 12.0. The van der Waals surface area contributed by atoms with Gasteiger partial charge in [-0.05, 0) is 25.0 Å². The molecule has 1 aromatic carbocycles. The van der Waals surface area contributed by atoms with Crippen LogP contribution >= 0.6 is 11.8 Å². The lowest BCUT2D eigenvalue weighted by atomic mass is 10.0. The van der Waals surface area contributed by atoms with E-state index in [1.807, 2.05) is 13.0 Å². The summed E-state index contributed by atoms with van der Waals surface area (Å²) in [5.74, 6) is 1.47. The van der Waals surface area contributed by atoms with E-state index in [2.05, 4.69) is 5.32 Å². The highest BCUT2D eigenvalue weighted by atomic mass is 32.2. The number of hydrogen-bond acceptors (Lipinski definition) is 6. The van der Waals surface area contributed by atoms with Crippen molar-refractivity contribution in [1.82, 2.24) is 0 Å². The van der Waals surface area contributed by atoms with Crippen LogP contribution in [0.1, 0.15) is 25.8 Å². The van der Waals surface area contributed by atoms with E-state index in [1.165, 1.54) is 6.92 Å². The summed E-state index contributed by atoms with van der Waals surface area (Å²) < 4.78 is 10.7. The maximum Gasteiger partial charge on any atom is 0.225 e. The summed E-state index contributed by atoms with van der Waals surface area (Å²) in [4.78, 5) is 22.8. The highest BCUT2D eigenvalue weighted by molar-refractivity contribution is 8.13. The number of ether oxygens (including phenoxy) is 2. The van der Waals surface area contributed by atoms with E-state index in [0.717, 1.165) is 17.3 Å². The van der Waals surface area contributed by atoms with Crippen molar-refractivity contribution in [3.63, 3.8) is 0 Å². The number of rotatable bonds is 8. The number of methoxy groups -OCH3 is 2. The van der Waals surface area contributed by atoms with Crippen LogP contribution in [0.3, 0.4) is 0 Å². The van der Waals surface area contributed by atoms with E-state index in [1.54, 1.807) is 20.3 Å². The molecule has 23 heavy (non-hydrogen) atoms. The highest BCUT2D eigenvalue weighted by Gasteiger charge is 2.14. The fourth-order valence-corrected chi connectivity index (χ4v) is 2.64. The van der Waals surface area contributed by atoms with Gasteiger partial charge in [0.2, 0.25) is 5.91 Å². The number of anilines is 1. The molecule has 6 nitrogen and oxygen atoms in total. The third kappa shape index (κ3) is 6.50. The standard InChI is InChI=1S/C16H24N2O4S/c1-10(17)7-12-8-15(22-4)13(9-14(12)21-3)18-16(20)5-6-23-11(2)19/h8-10H,5-7,17H2,1-4H3,(H,18,20). The van der Waals surface area contributed by atoms with Crippen LogP contribution in [0.4, 0.5) is 5.69 Å². The van der Waals surface area contributed by atoms with E-state index < -0.39 is 0 Å². The number of nitrogens with two attached hydrogens (primary N) is 1. The van der Waals surface area contributed by atoms with E-state index in [-0.39, 0.29) is 23.5 Å². The molecule has 1 amide bonds. The maximum absolute atomic E-state index is 12.0. The monoisotopic (exact) mass is 340 g/mol. The molecule has 128 valence electrons. The first-order chi connectivity index (χ1) is 10.9. The Morgan fingerprint density at radius 1 is 1.26 bits per heavy atom. The fourth-order valence-electron chi connectivity index (χ4n) is 2.07. The molecule has 1 rings (SSSR count). The molecule has 0 saturated heterocycles. The topological polar surface area (TPSA) is 90.6 Å². The zero-order valence-electron chi connectivity index (χ0n) is 14.0. The summed E-state index contributed by atoms with van der Waals surface area (Å²) in [7, 11) is 3.11. The Hall–Kier alpha value is -1.73. The smallest absolute Gasteiger partial charge is 0.225 e.